The molecule has 31 heavy (non-hydrogen) atoms. The highest BCUT2D eigenvalue weighted by atomic mass is 16.6. The lowest BCUT2D eigenvalue weighted by Crippen LogP contribution is -2.32. The van der Waals surface area contributed by atoms with E-state index in [1.165, 1.54) is 0 Å². The van der Waals surface area contributed by atoms with E-state index in [0.717, 1.165) is 29.8 Å². The van der Waals surface area contributed by atoms with Gasteiger partial charge in [0.05, 0.1) is 30.4 Å². The van der Waals surface area contributed by atoms with Crippen molar-refractivity contribution in [2.75, 3.05) is 18.5 Å². The van der Waals surface area contributed by atoms with Crippen LogP contribution in [0.1, 0.15) is 42.5 Å². The van der Waals surface area contributed by atoms with Crippen LogP contribution in [0.4, 0.5) is 10.6 Å². The largest absolute Gasteiger partial charge is 0.448 e. The predicted octanol–water partition coefficient (Wildman–Crippen LogP) is 4.27. The fraction of sp³-hybridized carbons (Fsp3) is 0.292. The fourth-order valence-electron chi connectivity index (χ4n) is 3.97. The maximum absolute atomic E-state index is 13.1. The molecule has 2 fully saturated rings. The molecule has 1 unspecified atom stereocenters. The summed E-state index contributed by atoms with van der Waals surface area (Å²) in [6.45, 7) is 0.814. The number of hydrogen-bond donors (Lipinski definition) is 1. The molecule has 5 rings (SSSR count). The first-order chi connectivity index (χ1) is 15.2. The number of hydrogen-bond acceptors (Lipinski definition) is 4. The molecule has 2 aliphatic rings. The highest BCUT2D eigenvalue weighted by molar-refractivity contribution is 5.91. The molecule has 2 heterocycles. The van der Waals surface area contributed by atoms with Gasteiger partial charge in [-0.3, -0.25) is 9.69 Å². The van der Waals surface area contributed by atoms with Gasteiger partial charge < -0.3 is 10.1 Å². The van der Waals surface area contributed by atoms with Crippen molar-refractivity contribution >= 4 is 17.8 Å². The lowest BCUT2D eigenvalue weighted by Gasteiger charge is -2.25. The smallest absolute Gasteiger partial charge is 0.410 e. The van der Waals surface area contributed by atoms with Gasteiger partial charge in [-0.05, 0) is 30.5 Å². The number of cyclic esters (lactones) is 1. The average molecular weight is 416 g/mol. The zero-order chi connectivity index (χ0) is 21.2. The molecular weight excluding hydrogens is 392 g/mol. The number of carbonyl (C=O) groups excluding carboxylic acids is 2. The van der Waals surface area contributed by atoms with Crippen molar-refractivity contribution in [3.8, 4) is 5.69 Å². The van der Waals surface area contributed by atoms with Crippen molar-refractivity contribution in [3.05, 3.63) is 78.0 Å². The van der Waals surface area contributed by atoms with Crippen molar-refractivity contribution in [3.63, 3.8) is 0 Å². The van der Waals surface area contributed by atoms with Crippen molar-refractivity contribution in [2.45, 2.75) is 31.2 Å². The van der Waals surface area contributed by atoms with Gasteiger partial charge in [0.2, 0.25) is 5.91 Å². The zero-order valence-corrected chi connectivity index (χ0v) is 17.1. The van der Waals surface area contributed by atoms with E-state index in [0.29, 0.717) is 24.9 Å². The molecule has 7 heteroatoms. The Morgan fingerprint density at radius 2 is 1.81 bits per heavy atom. The van der Waals surface area contributed by atoms with Crippen LogP contribution < -0.4 is 5.32 Å². The molecule has 1 saturated carbocycles. The lowest BCUT2D eigenvalue weighted by atomic mass is 10.0. The number of para-hydroxylation sites is 1. The van der Waals surface area contributed by atoms with E-state index < -0.39 is 0 Å². The Hall–Kier alpha value is -3.61. The van der Waals surface area contributed by atoms with E-state index in [2.05, 4.69) is 5.32 Å². The van der Waals surface area contributed by atoms with Crippen LogP contribution in [0.15, 0.2) is 66.7 Å². The molecule has 158 valence electrons. The molecule has 1 atom stereocenters. The van der Waals surface area contributed by atoms with E-state index in [1.54, 1.807) is 9.58 Å². The number of aromatic nitrogens is 2. The standard InChI is InChI=1S/C24H24N4O3/c29-23(16-21(18-7-3-1-4-8-18)27-13-14-31-24(27)30)25-22-15-20(17-11-12-17)26-28(22)19-9-5-2-6-10-19/h1-10,15,17,21H,11-14,16H2,(H,25,29). The quantitative estimate of drug-likeness (QED) is 0.624. The Morgan fingerprint density at radius 1 is 1.10 bits per heavy atom. The number of benzene rings is 2. The number of rotatable bonds is 7. The number of carbonyl (C=O) groups is 2. The van der Waals surface area contributed by atoms with Gasteiger partial charge in [0.25, 0.3) is 0 Å². The topological polar surface area (TPSA) is 76.5 Å². The number of anilines is 1. The van der Waals surface area contributed by atoms with E-state index in [1.807, 2.05) is 66.7 Å². The van der Waals surface area contributed by atoms with Crippen LogP contribution in [-0.2, 0) is 9.53 Å². The third kappa shape index (κ3) is 4.17. The minimum absolute atomic E-state index is 0.137. The summed E-state index contributed by atoms with van der Waals surface area (Å²) in [5.41, 5.74) is 2.81. The van der Waals surface area contributed by atoms with Crippen LogP contribution in [0.5, 0.6) is 0 Å². The summed E-state index contributed by atoms with van der Waals surface area (Å²) in [6, 6.07) is 21.0. The maximum atomic E-state index is 13.1. The predicted molar refractivity (Wildman–Crippen MR) is 116 cm³/mol. The lowest BCUT2D eigenvalue weighted by molar-refractivity contribution is -0.117. The number of nitrogens with one attached hydrogen (secondary N) is 1. The first-order valence-electron chi connectivity index (χ1n) is 10.6. The van der Waals surface area contributed by atoms with Gasteiger partial charge >= 0.3 is 6.09 Å². The number of ether oxygens (including phenoxy) is 1. The third-order valence-electron chi connectivity index (χ3n) is 5.72. The Bertz CT molecular complexity index is 1080. The summed E-state index contributed by atoms with van der Waals surface area (Å²) >= 11 is 0. The van der Waals surface area contributed by atoms with Gasteiger partial charge in [-0.2, -0.15) is 5.10 Å². The monoisotopic (exact) mass is 416 g/mol. The Morgan fingerprint density at radius 3 is 2.45 bits per heavy atom. The first kappa shape index (κ1) is 19.4. The Balaban J connectivity index is 1.39. The number of amides is 2. The minimum Gasteiger partial charge on any atom is -0.448 e. The van der Waals surface area contributed by atoms with Crippen LogP contribution in [0.25, 0.3) is 5.69 Å². The summed E-state index contributed by atoms with van der Waals surface area (Å²) in [6.07, 6.45) is 2.02. The molecule has 2 aromatic carbocycles. The van der Waals surface area contributed by atoms with E-state index >= 15 is 0 Å². The molecule has 7 nitrogen and oxygen atoms in total. The van der Waals surface area contributed by atoms with Gasteiger partial charge in [-0.1, -0.05) is 48.5 Å². The molecule has 1 N–H and O–H groups in total. The normalized spacial score (nSPS) is 16.8. The second-order valence-corrected chi connectivity index (χ2v) is 7.96. The van der Waals surface area contributed by atoms with Crippen molar-refractivity contribution in [1.82, 2.24) is 14.7 Å². The summed E-state index contributed by atoms with van der Waals surface area (Å²) in [5.74, 6) is 0.943. The average Bonchev–Trinajstić information content (AvgIpc) is 3.44. The van der Waals surface area contributed by atoms with Gasteiger partial charge in [0, 0.05) is 12.0 Å². The summed E-state index contributed by atoms with van der Waals surface area (Å²) < 4.78 is 6.91. The zero-order valence-electron chi connectivity index (χ0n) is 17.1. The molecule has 1 aliphatic carbocycles. The van der Waals surface area contributed by atoms with E-state index in [-0.39, 0.29) is 24.5 Å². The van der Waals surface area contributed by atoms with Crippen LogP contribution in [-0.4, -0.2) is 39.8 Å². The Labute approximate surface area is 180 Å². The van der Waals surface area contributed by atoms with Gasteiger partial charge in [-0.15, -0.1) is 0 Å². The first-order valence-corrected chi connectivity index (χ1v) is 10.6. The second kappa shape index (κ2) is 8.26. The molecule has 3 aromatic rings. The SMILES string of the molecule is O=C(CC(c1ccccc1)N1CCOC1=O)Nc1cc(C2CC2)nn1-c1ccccc1. The van der Waals surface area contributed by atoms with Crippen LogP contribution >= 0.6 is 0 Å². The highest BCUT2D eigenvalue weighted by Crippen LogP contribution is 2.40. The summed E-state index contributed by atoms with van der Waals surface area (Å²) in [5, 5.41) is 7.77. The fourth-order valence-corrected chi connectivity index (χ4v) is 3.97. The minimum atomic E-state index is -0.382. The van der Waals surface area contributed by atoms with Crippen molar-refractivity contribution in [2.24, 2.45) is 0 Å². The molecule has 0 bridgehead atoms. The van der Waals surface area contributed by atoms with Crippen molar-refractivity contribution in [1.29, 1.82) is 0 Å². The summed E-state index contributed by atoms with van der Waals surface area (Å²) in [7, 11) is 0. The van der Waals surface area contributed by atoms with Crippen LogP contribution in [0.2, 0.25) is 0 Å². The highest BCUT2D eigenvalue weighted by Gasteiger charge is 2.33. The molecule has 1 aliphatic heterocycles. The van der Waals surface area contributed by atoms with E-state index in [4.69, 9.17) is 9.84 Å². The number of nitrogens with zero attached hydrogens (tertiary/aromatic N) is 3. The van der Waals surface area contributed by atoms with Gasteiger partial charge in [-0.25, -0.2) is 9.48 Å². The molecule has 1 aromatic heterocycles. The maximum Gasteiger partial charge on any atom is 0.410 e. The summed E-state index contributed by atoms with van der Waals surface area (Å²) in [4.78, 5) is 26.9. The second-order valence-electron chi connectivity index (χ2n) is 7.96. The van der Waals surface area contributed by atoms with Crippen LogP contribution in [0.3, 0.4) is 0 Å². The molecule has 1 saturated heterocycles. The Kier molecular flexibility index (Phi) is 5.16. The molecular formula is C24H24N4O3. The van der Waals surface area contributed by atoms with Gasteiger partial charge in [0.1, 0.15) is 12.4 Å². The third-order valence-corrected chi connectivity index (χ3v) is 5.72. The molecule has 0 spiro atoms. The van der Waals surface area contributed by atoms with Gasteiger partial charge in [0.15, 0.2) is 0 Å². The van der Waals surface area contributed by atoms with Crippen molar-refractivity contribution < 1.29 is 14.3 Å². The molecule has 2 amide bonds. The van der Waals surface area contributed by atoms with Crippen LogP contribution in [0, 0.1) is 0 Å². The van der Waals surface area contributed by atoms with E-state index in [9.17, 15) is 9.59 Å². The molecule has 0 radical (unpaired) electrons.